The van der Waals surface area contributed by atoms with Crippen LogP contribution in [-0.4, -0.2) is 143 Å². The van der Waals surface area contributed by atoms with E-state index >= 15 is 0 Å². The van der Waals surface area contributed by atoms with E-state index in [9.17, 15) is 23.7 Å². The third-order valence-corrected chi connectivity index (χ3v) is 18.1. The van der Waals surface area contributed by atoms with E-state index in [2.05, 4.69) is 78.8 Å². The van der Waals surface area contributed by atoms with Crippen molar-refractivity contribution >= 4 is 97.6 Å². The Labute approximate surface area is 448 Å². The first kappa shape index (κ1) is 51.2. The van der Waals surface area contributed by atoms with Crippen LogP contribution in [0, 0.1) is 11.3 Å². The molecule has 4 fully saturated rings. The van der Waals surface area contributed by atoms with E-state index < -0.39 is 36.8 Å². The summed E-state index contributed by atoms with van der Waals surface area (Å²) >= 11 is 3.62. The zero-order valence-electron chi connectivity index (χ0n) is 43.3. The molecule has 0 aliphatic carbocycles. The maximum absolute atomic E-state index is 13.7. The number of benzene rings is 3. The van der Waals surface area contributed by atoms with Crippen molar-refractivity contribution in [2.75, 3.05) is 93.8 Å². The first-order valence-electron chi connectivity index (χ1n) is 25.8. The molecule has 11 rings (SSSR count). The Balaban J connectivity index is 0.726. The number of ether oxygens (including phenoxy) is 2. The number of anilines is 6. The van der Waals surface area contributed by atoms with E-state index in [4.69, 9.17) is 14.5 Å². The van der Waals surface area contributed by atoms with E-state index in [-0.39, 0.29) is 29.4 Å². The van der Waals surface area contributed by atoms with Crippen molar-refractivity contribution in [1.82, 2.24) is 44.8 Å². The number of aryl methyl sites for hydroxylation is 1. The number of piperidine rings is 4. The summed E-state index contributed by atoms with van der Waals surface area (Å²) in [6.45, 7) is 10.0. The van der Waals surface area contributed by atoms with Crippen LogP contribution in [0.5, 0.6) is 11.5 Å². The molecule has 0 saturated carbocycles. The third kappa shape index (κ3) is 9.88. The molecule has 1 unspecified atom stereocenters. The summed E-state index contributed by atoms with van der Waals surface area (Å²) in [5.41, 5.74) is 7.15. The summed E-state index contributed by atoms with van der Waals surface area (Å²) in [4.78, 5) is 78.4. The Bertz CT molecular complexity index is 3340. The van der Waals surface area contributed by atoms with Crippen LogP contribution in [0.1, 0.15) is 72.1 Å². The number of nitrogens with zero attached hydrogens (tertiary/aromatic N) is 10. The number of carbonyl (C=O) groups is 4. The average molecular weight is 1120 g/mol. The topological polar surface area (TPSA) is 222 Å². The number of fused-ring (bicyclic) bond motifs is 2. The molecule has 20 nitrogen and oxygen atoms in total. The highest BCUT2D eigenvalue weighted by atomic mass is 79.9. The fourth-order valence-electron chi connectivity index (χ4n) is 11.9. The highest BCUT2D eigenvalue weighted by Crippen LogP contribution is 2.47. The number of imide groups is 2. The van der Waals surface area contributed by atoms with Crippen molar-refractivity contribution < 1.29 is 33.2 Å². The van der Waals surface area contributed by atoms with Crippen molar-refractivity contribution in [2.45, 2.75) is 57.4 Å². The predicted octanol–water partition coefficient (Wildman–Crippen LogP) is 7.34. The van der Waals surface area contributed by atoms with Gasteiger partial charge in [0.25, 0.3) is 11.8 Å². The third-order valence-electron chi connectivity index (χ3n) is 16.0. The van der Waals surface area contributed by atoms with Crippen molar-refractivity contribution in [2.24, 2.45) is 18.4 Å². The lowest BCUT2D eigenvalue weighted by Gasteiger charge is -2.48. The van der Waals surface area contributed by atoms with Gasteiger partial charge in [-0.3, -0.25) is 44.0 Å². The Hall–Kier alpha value is -6.96. The van der Waals surface area contributed by atoms with Gasteiger partial charge in [-0.15, -0.1) is 0 Å². The van der Waals surface area contributed by atoms with Crippen LogP contribution in [0.2, 0.25) is 0 Å². The fraction of sp³-hybridized carbons (Fsp3) is 0.426. The largest absolute Gasteiger partial charge is 0.495 e. The molecule has 1 spiro atoms. The summed E-state index contributed by atoms with van der Waals surface area (Å²) in [5.74, 6) is 0.412. The molecule has 0 bridgehead atoms. The van der Waals surface area contributed by atoms with Crippen LogP contribution in [0.4, 0.5) is 34.5 Å². The number of methoxy groups -OCH3 is 2. The van der Waals surface area contributed by atoms with Crippen molar-refractivity contribution in [3.8, 4) is 22.6 Å². The second kappa shape index (κ2) is 20.5. The van der Waals surface area contributed by atoms with Gasteiger partial charge in [-0.2, -0.15) is 10.1 Å². The minimum Gasteiger partial charge on any atom is -0.495 e. The predicted molar refractivity (Wildman–Crippen MR) is 294 cm³/mol. The van der Waals surface area contributed by atoms with Crippen LogP contribution < -0.4 is 40.5 Å². The minimum atomic E-state index is -2.82. The van der Waals surface area contributed by atoms with E-state index in [1.54, 1.807) is 58.3 Å². The summed E-state index contributed by atoms with van der Waals surface area (Å²) in [6, 6.07) is 10.2. The molecule has 6 aromatic rings. The van der Waals surface area contributed by atoms with Gasteiger partial charge in [-0.25, -0.2) is 4.98 Å². The molecule has 22 heteroatoms. The molecule has 4 saturated heterocycles. The maximum Gasteiger partial charge on any atom is 0.262 e. The molecule has 3 N–H and O–H groups in total. The normalized spacial score (nSPS) is 19.3. The summed E-state index contributed by atoms with van der Waals surface area (Å²) < 4.78 is 27.9. The van der Waals surface area contributed by atoms with Gasteiger partial charge in [-0.05, 0) is 129 Å². The van der Waals surface area contributed by atoms with Gasteiger partial charge >= 0.3 is 0 Å². The average Bonchev–Trinajstić information content (AvgIpc) is 3.96. The molecule has 5 aliphatic rings. The van der Waals surface area contributed by atoms with Gasteiger partial charge in [0.2, 0.25) is 17.8 Å². The molecule has 5 aliphatic heterocycles. The lowest BCUT2D eigenvalue weighted by atomic mass is 9.71. The highest BCUT2D eigenvalue weighted by Gasteiger charge is 2.46. The fourth-order valence-corrected chi connectivity index (χ4v) is 13.6. The monoisotopic (exact) mass is 1110 g/mol. The summed E-state index contributed by atoms with van der Waals surface area (Å²) in [6.07, 6.45) is 15.5. The van der Waals surface area contributed by atoms with E-state index in [1.165, 1.54) is 0 Å². The number of hydrogen-bond acceptors (Lipinski definition) is 17. The van der Waals surface area contributed by atoms with Crippen LogP contribution in [0.15, 0.2) is 71.9 Å². The van der Waals surface area contributed by atoms with Crippen molar-refractivity contribution in [1.29, 1.82) is 0 Å². The van der Waals surface area contributed by atoms with Gasteiger partial charge in [0.1, 0.15) is 36.0 Å². The smallest absolute Gasteiger partial charge is 0.262 e. The van der Waals surface area contributed by atoms with Gasteiger partial charge in [0, 0.05) is 93.9 Å². The zero-order chi connectivity index (χ0) is 53.0. The molecule has 8 heterocycles. The number of likely N-dealkylation sites (tertiary alicyclic amines) is 1. The Morgan fingerprint density at radius 3 is 2.16 bits per heavy atom. The quantitative estimate of drug-likeness (QED) is 0.0760. The number of carbonyl (C=O) groups excluding carboxylic acids is 4. The number of nitrogens with one attached hydrogen (secondary N) is 3. The molecule has 3 aromatic carbocycles. The standard InChI is InChI=1S/C54H61BrN13O7P/c1-64-31-33(28-59-64)34-24-40(61-53-58-29-37(55)49(63-53)60-39-7-6-38-47(57-17-16-56-38)48(39)76(4,5)73)44(74-2)27-42(34)67-22-14-54(15-23-67)12-20-65(21-13-54)30-32-10-18-66(19-11-32)43-25-35-36(26-45(43)75-3)52(72)68(51(35)71)41-8-9-46(69)62-50(41)70/h6-7,16-17,24-29,31-32,41H,8-15,18-23,30H2,1-5H3,(H,62,69,70)(H2,58,60,61,63). The van der Waals surface area contributed by atoms with Crippen molar-refractivity contribution in [3.05, 3.63) is 83.0 Å². The molecule has 396 valence electrons. The second-order valence-corrected chi connectivity index (χ2v) is 25.1. The molecule has 76 heavy (non-hydrogen) atoms. The molecular weight excluding hydrogens is 1050 g/mol. The lowest BCUT2D eigenvalue weighted by molar-refractivity contribution is -0.136. The number of hydrogen-bond donors (Lipinski definition) is 3. The maximum atomic E-state index is 13.7. The Morgan fingerprint density at radius 1 is 0.776 bits per heavy atom. The highest BCUT2D eigenvalue weighted by molar-refractivity contribution is 9.10. The van der Waals surface area contributed by atoms with Crippen molar-refractivity contribution in [3.63, 3.8) is 0 Å². The second-order valence-electron chi connectivity index (χ2n) is 21.1. The van der Waals surface area contributed by atoms with Gasteiger partial charge < -0.3 is 39.4 Å². The Kier molecular flexibility index (Phi) is 13.8. The van der Waals surface area contributed by atoms with Crippen LogP contribution in [0.3, 0.4) is 0 Å². The van der Waals surface area contributed by atoms with Crippen LogP contribution in [0.25, 0.3) is 22.2 Å². The number of halogens is 1. The number of aromatic nitrogens is 6. The molecule has 3 aromatic heterocycles. The first-order valence-corrected chi connectivity index (χ1v) is 29.2. The van der Waals surface area contributed by atoms with Crippen LogP contribution in [-0.2, 0) is 21.2 Å². The van der Waals surface area contributed by atoms with E-state index in [1.807, 2.05) is 36.3 Å². The number of rotatable bonds is 13. The van der Waals surface area contributed by atoms with Gasteiger partial charge in [0.15, 0.2) is 0 Å². The van der Waals surface area contributed by atoms with Crippen LogP contribution >= 0.6 is 23.1 Å². The van der Waals surface area contributed by atoms with E-state index in [0.717, 1.165) is 112 Å². The Morgan fingerprint density at radius 2 is 1.47 bits per heavy atom. The SMILES string of the molecule is COc1cc(N2CCC3(CCN(CC4CCN(c5cc6c(cc5OC)C(=O)N(C5CCC(=O)NC5=O)C6=O)CC4)CC3)CC2)c(-c2cnn(C)c2)cc1Nc1ncc(Br)c(Nc2ccc3nccnc3c2P(C)(C)=O)n1. The van der Waals surface area contributed by atoms with E-state index in [0.29, 0.717) is 61.4 Å². The summed E-state index contributed by atoms with van der Waals surface area (Å²) in [7, 11) is 2.34. The lowest BCUT2D eigenvalue weighted by Crippen LogP contribution is -2.54. The zero-order valence-corrected chi connectivity index (χ0v) is 45.7. The molecular formula is C54H61BrN13O7P. The van der Waals surface area contributed by atoms with Gasteiger partial charge in [-0.1, -0.05) is 0 Å². The molecule has 0 radical (unpaired) electrons. The molecule has 4 amide bonds. The minimum absolute atomic E-state index is 0.0679. The summed E-state index contributed by atoms with van der Waals surface area (Å²) in [5, 5.41) is 14.2. The number of amides is 4. The van der Waals surface area contributed by atoms with Gasteiger partial charge in [0.05, 0.1) is 63.9 Å². The first-order chi connectivity index (χ1) is 36.6. The molecule has 1 atom stereocenters.